The number of H-pyrrole nitrogens is 1. The molecule has 8 nitrogen and oxygen atoms in total. The molecular weight excluding hydrogens is 614 g/mol. The lowest BCUT2D eigenvalue weighted by Gasteiger charge is -2.43. The molecule has 0 unspecified atom stereocenters. The maximum absolute atomic E-state index is 13.9. The average Bonchev–Trinajstić information content (AvgIpc) is 3.76. The van der Waals surface area contributed by atoms with Crippen LogP contribution in [-0.2, 0) is 14.4 Å². The Hall–Kier alpha value is -4.22. The molecule has 2 aliphatic heterocycles. The Labute approximate surface area is 266 Å². The SMILES string of the molecule is Cc1cccc(NC(=O)COc2ccccc2[C@@H]2c3sc(=O)[nH]c3S[C@@H]3[C@@H]4C[C@@H]([C@@H]5C(=O)N(c6ccc(F)cc6)C(=O)[C@@H]45)[C@H]23)c1. The number of carbonyl (C=O) groups excluding carboxylic acids is 3. The molecule has 1 saturated heterocycles. The minimum Gasteiger partial charge on any atom is -0.483 e. The van der Waals surface area contributed by atoms with E-state index in [1.165, 1.54) is 40.5 Å². The summed E-state index contributed by atoms with van der Waals surface area (Å²) in [6, 6.07) is 20.6. The lowest BCUT2D eigenvalue weighted by Crippen LogP contribution is -2.42. The molecule has 1 aromatic heterocycles. The van der Waals surface area contributed by atoms with Crippen LogP contribution in [0.3, 0.4) is 0 Å². The normalized spacial score (nSPS) is 27.7. The van der Waals surface area contributed by atoms with Crippen LogP contribution in [0.15, 0.2) is 82.6 Å². The second-order valence-electron chi connectivity index (χ2n) is 12.2. The van der Waals surface area contributed by atoms with Crippen molar-refractivity contribution in [2.24, 2.45) is 29.6 Å². The second kappa shape index (κ2) is 10.7. The molecule has 8 rings (SSSR count). The van der Waals surface area contributed by atoms with Crippen molar-refractivity contribution >= 4 is 52.2 Å². The molecule has 3 fully saturated rings. The Bertz CT molecular complexity index is 1920. The van der Waals surface area contributed by atoms with Gasteiger partial charge in [-0.25, -0.2) is 4.39 Å². The molecule has 11 heteroatoms. The van der Waals surface area contributed by atoms with Gasteiger partial charge >= 0.3 is 4.87 Å². The molecule has 2 N–H and O–H groups in total. The van der Waals surface area contributed by atoms with Gasteiger partial charge < -0.3 is 15.0 Å². The third-order valence-electron chi connectivity index (χ3n) is 9.72. The van der Waals surface area contributed by atoms with Crippen molar-refractivity contribution in [1.82, 2.24) is 4.98 Å². The Morgan fingerprint density at radius 3 is 2.53 bits per heavy atom. The van der Waals surface area contributed by atoms with Crippen molar-refractivity contribution in [3.05, 3.63) is 104 Å². The van der Waals surface area contributed by atoms with Crippen molar-refractivity contribution in [3.63, 3.8) is 0 Å². The highest BCUT2D eigenvalue weighted by Gasteiger charge is 2.69. The first-order chi connectivity index (χ1) is 21.8. The number of halogens is 1. The number of aromatic nitrogens is 1. The third-order valence-corrected chi connectivity index (χ3v) is 12.3. The van der Waals surface area contributed by atoms with E-state index < -0.39 is 17.7 Å². The maximum Gasteiger partial charge on any atom is 0.305 e. The standard InChI is InChI=1S/C34H28FN3O5S2/c1-16-5-4-6-18(13-16)36-24(39)15-43-23-8-3-2-7-20(23)25-26-21-14-22(29(26)44-31-30(25)45-34(42)37-31)28-27(21)32(40)38(33(28)41)19-11-9-17(35)10-12-19/h2-13,21-22,25-29H,14-15H2,1H3,(H,36,39)(H,37,42)/t21-,22-,25+,26-,27+,28+,29-/m1/s1. The van der Waals surface area contributed by atoms with Crippen LogP contribution in [0.25, 0.3) is 0 Å². The molecule has 3 heterocycles. The van der Waals surface area contributed by atoms with Gasteiger partial charge in [-0.3, -0.25) is 24.1 Å². The van der Waals surface area contributed by atoms with Crippen molar-refractivity contribution in [3.8, 4) is 5.75 Å². The highest BCUT2D eigenvalue weighted by atomic mass is 32.2. The van der Waals surface area contributed by atoms with Gasteiger partial charge in [-0.2, -0.15) is 0 Å². The number of hydrogen-bond donors (Lipinski definition) is 2. The maximum atomic E-state index is 13.9. The van der Waals surface area contributed by atoms with Crippen LogP contribution in [0.5, 0.6) is 5.75 Å². The predicted octanol–water partition coefficient (Wildman–Crippen LogP) is 5.58. The van der Waals surface area contributed by atoms with E-state index in [0.717, 1.165) is 27.5 Å². The van der Waals surface area contributed by atoms with Crippen LogP contribution < -0.4 is 19.8 Å². The summed E-state index contributed by atoms with van der Waals surface area (Å²) in [7, 11) is 0. The Morgan fingerprint density at radius 2 is 1.76 bits per heavy atom. The number of ether oxygens (including phenoxy) is 1. The zero-order chi connectivity index (χ0) is 31.0. The number of para-hydroxylation sites is 1. The fraction of sp³-hybridized carbons (Fsp3) is 0.294. The number of hydrogen-bond acceptors (Lipinski definition) is 7. The van der Waals surface area contributed by atoms with Crippen molar-refractivity contribution in [2.45, 2.75) is 29.5 Å². The number of aromatic amines is 1. The van der Waals surface area contributed by atoms with Gasteiger partial charge in [-0.05, 0) is 79.1 Å². The summed E-state index contributed by atoms with van der Waals surface area (Å²) in [6.45, 7) is 1.75. The van der Waals surface area contributed by atoms with E-state index in [1.807, 2.05) is 55.5 Å². The topological polar surface area (TPSA) is 109 Å². The zero-order valence-corrected chi connectivity index (χ0v) is 25.7. The van der Waals surface area contributed by atoms with Crippen LogP contribution >= 0.6 is 23.1 Å². The summed E-state index contributed by atoms with van der Waals surface area (Å²) in [5, 5.41) is 3.67. The molecule has 4 aromatic rings. The van der Waals surface area contributed by atoms with Gasteiger partial charge in [0.15, 0.2) is 6.61 Å². The van der Waals surface area contributed by atoms with Crippen LogP contribution in [-0.4, -0.2) is 34.6 Å². The van der Waals surface area contributed by atoms with Crippen LogP contribution in [0, 0.1) is 42.3 Å². The van der Waals surface area contributed by atoms with E-state index in [2.05, 4.69) is 10.3 Å². The Morgan fingerprint density at radius 1 is 1.00 bits per heavy atom. The average molecular weight is 642 g/mol. The van der Waals surface area contributed by atoms with Gasteiger partial charge in [-0.1, -0.05) is 41.7 Å². The first kappa shape index (κ1) is 28.3. The summed E-state index contributed by atoms with van der Waals surface area (Å²) in [4.78, 5) is 58.2. The number of nitrogens with one attached hydrogen (secondary N) is 2. The number of anilines is 2. The number of aryl methyl sites for hydroxylation is 1. The summed E-state index contributed by atoms with van der Waals surface area (Å²) < 4.78 is 19.8. The third kappa shape index (κ3) is 4.54. The molecule has 3 amide bonds. The first-order valence-corrected chi connectivity index (χ1v) is 16.6. The number of benzene rings is 3. The lowest BCUT2D eigenvalue weighted by molar-refractivity contribution is -0.123. The molecule has 7 atom stereocenters. The number of thioether (sulfide) groups is 1. The summed E-state index contributed by atoms with van der Waals surface area (Å²) >= 11 is 2.77. The number of imide groups is 1. The summed E-state index contributed by atoms with van der Waals surface area (Å²) in [5.41, 5.74) is 2.96. The van der Waals surface area contributed by atoms with Crippen LogP contribution in [0.4, 0.5) is 15.8 Å². The minimum atomic E-state index is -0.484. The zero-order valence-electron chi connectivity index (χ0n) is 24.1. The molecule has 2 saturated carbocycles. The number of thiazole rings is 1. The van der Waals surface area contributed by atoms with E-state index in [0.29, 0.717) is 17.1 Å². The smallest absolute Gasteiger partial charge is 0.305 e. The van der Waals surface area contributed by atoms with Gasteiger partial charge in [-0.15, -0.1) is 11.8 Å². The highest BCUT2D eigenvalue weighted by molar-refractivity contribution is 8.00. The van der Waals surface area contributed by atoms with E-state index in [1.54, 1.807) is 11.8 Å². The molecule has 0 radical (unpaired) electrons. The van der Waals surface area contributed by atoms with Crippen molar-refractivity contribution in [1.29, 1.82) is 0 Å². The molecule has 3 aromatic carbocycles. The first-order valence-electron chi connectivity index (χ1n) is 14.9. The summed E-state index contributed by atoms with van der Waals surface area (Å²) in [5.74, 6) is -2.02. The number of carbonyl (C=O) groups is 3. The van der Waals surface area contributed by atoms with E-state index in [9.17, 15) is 23.6 Å². The van der Waals surface area contributed by atoms with Gasteiger partial charge in [0.2, 0.25) is 11.8 Å². The van der Waals surface area contributed by atoms with Crippen molar-refractivity contribution in [2.75, 3.05) is 16.8 Å². The largest absolute Gasteiger partial charge is 0.483 e. The number of fused-ring (bicyclic) bond motifs is 9. The monoisotopic (exact) mass is 641 g/mol. The fourth-order valence-electron chi connectivity index (χ4n) is 8.14. The number of amides is 3. The summed E-state index contributed by atoms with van der Waals surface area (Å²) in [6.07, 6.45) is 0.740. The molecule has 4 aliphatic rings. The van der Waals surface area contributed by atoms with Gasteiger partial charge in [0, 0.05) is 27.3 Å². The van der Waals surface area contributed by atoms with Gasteiger partial charge in [0.1, 0.15) is 11.6 Å². The molecular formula is C34H28FN3O5S2. The molecule has 45 heavy (non-hydrogen) atoms. The lowest BCUT2D eigenvalue weighted by atomic mass is 9.68. The van der Waals surface area contributed by atoms with E-state index >= 15 is 0 Å². The highest BCUT2D eigenvalue weighted by Crippen LogP contribution is 2.69. The molecule has 0 spiro atoms. The Kier molecular flexibility index (Phi) is 6.72. The molecule has 228 valence electrons. The second-order valence-corrected chi connectivity index (χ2v) is 14.4. The van der Waals surface area contributed by atoms with Crippen molar-refractivity contribution < 1.29 is 23.5 Å². The van der Waals surface area contributed by atoms with Crippen LogP contribution in [0.1, 0.15) is 28.3 Å². The van der Waals surface area contributed by atoms with Gasteiger partial charge in [0.25, 0.3) is 5.91 Å². The van der Waals surface area contributed by atoms with E-state index in [4.69, 9.17) is 4.74 Å². The molecule has 2 aliphatic carbocycles. The van der Waals surface area contributed by atoms with Gasteiger partial charge in [0.05, 0.1) is 22.5 Å². The quantitative estimate of drug-likeness (QED) is 0.266. The predicted molar refractivity (Wildman–Crippen MR) is 169 cm³/mol. The Balaban J connectivity index is 1.12. The number of nitrogens with zero attached hydrogens (tertiary/aromatic N) is 1. The fourth-order valence-corrected chi connectivity index (χ4v) is 11.0. The number of rotatable bonds is 6. The van der Waals surface area contributed by atoms with Crippen LogP contribution in [0.2, 0.25) is 0 Å². The molecule has 2 bridgehead atoms. The minimum absolute atomic E-state index is 0.00147. The van der Waals surface area contributed by atoms with E-state index in [-0.39, 0.29) is 58.1 Å².